The van der Waals surface area contributed by atoms with Crippen LogP contribution >= 0.6 is 23.1 Å². The molecule has 36 heavy (non-hydrogen) atoms. The minimum atomic E-state index is -0.903. The van der Waals surface area contributed by atoms with Crippen LogP contribution in [0.1, 0.15) is 35.0 Å². The molecule has 0 amide bonds. The zero-order chi connectivity index (χ0) is 25.7. The predicted octanol–water partition coefficient (Wildman–Crippen LogP) is 6.15. The van der Waals surface area contributed by atoms with Gasteiger partial charge in [-0.25, -0.2) is 14.8 Å². The van der Waals surface area contributed by atoms with Gasteiger partial charge in [0.15, 0.2) is 5.82 Å². The molecule has 1 atom stereocenters. The molecular weight excluding hydrogens is 494 g/mol. The van der Waals surface area contributed by atoms with Crippen molar-refractivity contribution in [3.8, 4) is 10.6 Å². The van der Waals surface area contributed by atoms with Gasteiger partial charge in [0.05, 0.1) is 6.54 Å². The summed E-state index contributed by atoms with van der Waals surface area (Å²) in [6.45, 7) is 6.47. The highest BCUT2D eigenvalue weighted by molar-refractivity contribution is 7.09. The molecule has 186 valence electrons. The van der Waals surface area contributed by atoms with E-state index >= 15 is 0 Å². The quantitative estimate of drug-likeness (QED) is 0.230. The normalized spacial score (nSPS) is 11.8. The molecule has 9 heteroatoms. The van der Waals surface area contributed by atoms with Crippen LogP contribution < -0.4 is 10.6 Å². The van der Waals surface area contributed by atoms with Gasteiger partial charge in [0.2, 0.25) is 0 Å². The third-order valence-corrected chi connectivity index (χ3v) is 6.85. The lowest BCUT2D eigenvalue weighted by atomic mass is 10.0. The maximum atomic E-state index is 12.0. The largest absolute Gasteiger partial charge is 0.480 e. The van der Waals surface area contributed by atoms with Crippen LogP contribution in [0.25, 0.3) is 10.6 Å². The topological polar surface area (TPSA) is 100 Å². The number of carbonyl (C=O) groups is 1. The smallest absolute Gasteiger partial charge is 0.326 e. The molecule has 0 radical (unpaired) electrons. The standard InChI is InChI=1S/C27H28ClN5O2S/c1-4-19-14-21(28)12-17(3)25(19)31-22(27(34)35)13-18-5-7-20(8-6-18)26-32-24(33-36-26)15-30-23-11-16(2)9-10-29-23/h5-12,14,22,31H,4,13,15H2,1-3H3,(H,29,30)(H,34,35). The average molecular weight is 522 g/mol. The second kappa shape index (κ2) is 11.5. The summed E-state index contributed by atoms with van der Waals surface area (Å²) in [5.41, 5.74) is 5.76. The summed E-state index contributed by atoms with van der Waals surface area (Å²) in [6, 6.07) is 14.7. The van der Waals surface area contributed by atoms with Crippen LogP contribution in [0.4, 0.5) is 11.5 Å². The lowest BCUT2D eigenvalue weighted by Crippen LogP contribution is -2.32. The molecule has 0 aliphatic rings. The van der Waals surface area contributed by atoms with Crippen molar-refractivity contribution in [1.29, 1.82) is 0 Å². The van der Waals surface area contributed by atoms with E-state index in [1.54, 1.807) is 6.20 Å². The van der Waals surface area contributed by atoms with Gasteiger partial charge in [-0.05, 0) is 78.3 Å². The van der Waals surface area contributed by atoms with Crippen LogP contribution in [0, 0.1) is 13.8 Å². The number of aromatic nitrogens is 3. The van der Waals surface area contributed by atoms with E-state index in [0.717, 1.165) is 50.8 Å². The number of hydrogen-bond donors (Lipinski definition) is 3. The molecule has 0 aliphatic heterocycles. The van der Waals surface area contributed by atoms with Crippen LogP contribution in [-0.4, -0.2) is 31.5 Å². The minimum absolute atomic E-state index is 0.343. The molecule has 3 N–H and O–H groups in total. The van der Waals surface area contributed by atoms with E-state index < -0.39 is 12.0 Å². The highest BCUT2D eigenvalue weighted by Crippen LogP contribution is 2.28. The molecule has 2 heterocycles. The lowest BCUT2D eigenvalue weighted by molar-refractivity contribution is -0.137. The van der Waals surface area contributed by atoms with E-state index in [4.69, 9.17) is 11.6 Å². The molecule has 1 unspecified atom stereocenters. The number of hydrogen-bond acceptors (Lipinski definition) is 7. The second-order valence-electron chi connectivity index (χ2n) is 8.63. The van der Waals surface area contributed by atoms with Crippen molar-refractivity contribution in [1.82, 2.24) is 14.3 Å². The molecule has 2 aromatic carbocycles. The Morgan fingerprint density at radius 1 is 1.14 bits per heavy atom. The van der Waals surface area contributed by atoms with Crippen molar-refractivity contribution in [2.75, 3.05) is 10.6 Å². The fourth-order valence-corrected chi connectivity index (χ4v) is 4.92. The SMILES string of the molecule is CCc1cc(Cl)cc(C)c1NC(Cc1ccc(-c2nc(CNc3cc(C)ccn3)ns2)cc1)C(=O)O. The van der Waals surface area contributed by atoms with Crippen molar-refractivity contribution in [3.63, 3.8) is 0 Å². The number of pyridine rings is 1. The average Bonchev–Trinajstić information content (AvgIpc) is 3.33. The molecule has 0 bridgehead atoms. The van der Waals surface area contributed by atoms with Crippen LogP contribution in [-0.2, 0) is 24.2 Å². The Balaban J connectivity index is 1.42. The summed E-state index contributed by atoms with van der Waals surface area (Å²) in [4.78, 5) is 21.0. The van der Waals surface area contributed by atoms with E-state index in [9.17, 15) is 9.90 Å². The number of rotatable bonds is 10. The Morgan fingerprint density at radius 3 is 2.61 bits per heavy atom. The number of carboxylic acid groups (broad SMARTS) is 1. The molecular formula is C27H28ClN5O2S. The Morgan fingerprint density at radius 2 is 1.92 bits per heavy atom. The highest BCUT2D eigenvalue weighted by Gasteiger charge is 2.20. The summed E-state index contributed by atoms with van der Waals surface area (Å²) < 4.78 is 4.44. The lowest BCUT2D eigenvalue weighted by Gasteiger charge is -2.20. The second-order valence-corrected chi connectivity index (χ2v) is 9.82. The van der Waals surface area contributed by atoms with E-state index in [1.807, 2.05) is 69.3 Å². The van der Waals surface area contributed by atoms with Gasteiger partial charge in [-0.1, -0.05) is 42.8 Å². The number of carboxylic acids is 1. The molecule has 4 rings (SSSR count). The first-order chi connectivity index (χ1) is 17.3. The fourth-order valence-electron chi connectivity index (χ4n) is 3.94. The molecule has 2 aromatic heterocycles. The highest BCUT2D eigenvalue weighted by atomic mass is 35.5. The number of halogens is 1. The summed E-state index contributed by atoms with van der Waals surface area (Å²) >= 11 is 7.52. The number of aryl methyl sites for hydroxylation is 3. The van der Waals surface area contributed by atoms with Crippen molar-refractivity contribution in [2.45, 2.75) is 46.2 Å². The molecule has 0 fully saturated rings. The Bertz CT molecular complexity index is 1360. The van der Waals surface area contributed by atoms with E-state index in [1.165, 1.54) is 11.5 Å². The minimum Gasteiger partial charge on any atom is -0.480 e. The van der Waals surface area contributed by atoms with Gasteiger partial charge >= 0.3 is 5.97 Å². The first-order valence-corrected chi connectivity index (χ1v) is 12.8. The third kappa shape index (κ3) is 6.38. The Hall–Kier alpha value is -3.49. The Kier molecular flexibility index (Phi) is 8.18. The zero-order valence-electron chi connectivity index (χ0n) is 20.4. The maximum Gasteiger partial charge on any atom is 0.326 e. The third-order valence-electron chi connectivity index (χ3n) is 5.83. The summed E-state index contributed by atoms with van der Waals surface area (Å²) in [7, 11) is 0. The number of nitrogens with zero attached hydrogens (tertiary/aromatic N) is 3. The number of nitrogens with one attached hydrogen (secondary N) is 2. The van der Waals surface area contributed by atoms with Crippen molar-refractivity contribution < 1.29 is 9.90 Å². The van der Waals surface area contributed by atoms with Crippen molar-refractivity contribution in [3.05, 3.63) is 87.8 Å². The number of aliphatic carboxylic acids is 1. The van der Waals surface area contributed by atoms with Crippen LogP contribution in [0.3, 0.4) is 0 Å². The van der Waals surface area contributed by atoms with Gasteiger partial charge in [-0.15, -0.1) is 0 Å². The fraction of sp³-hybridized carbons (Fsp3) is 0.259. The summed E-state index contributed by atoms with van der Waals surface area (Å²) in [5, 5.41) is 17.8. The molecule has 0 saturated carbocycles. The molecule has 0 spiro atoms. The van der Waals surface area contributed by atoms with Gasteiger partial charge in [0.25, 0.3) is 0 Å². The molecule has 4 aromatic rings. The van der Waals surface area contributed by atoms with Gasteiger partial charge < -0.3 is 15.7 Å². The zero-order valence-corrected chi connectivity index (χ0v) is 22.0. The van der Waals surface area contributed by atoms with Gasteiger partial charge in [0, 0.05) is 28.9 Å². The van der Waals surface area contributed by atoms with Crippen molar-refractivity contribution in [2.24, 2.45) is 0 Å². The van der Waals surface area contributed by atoms with Crippen molar-refractivity contribution >= 4 is 40.6 Å². The van der Waals surface area contributed by atoms with Crippen LogP contribution in [0.5, 0.6) is 0 Å². The Labute approximate surface area is 219 Å². The van der Waals surface area contributed by atoms with Crippen LogP contribution in [0.2, 0.25) is 5.02 Å². The van der Waals surface area contributed by atoms with E-state index in [-0.39, 0.29) is 0 Å². The first-order valence-electron chi connectivity index (χ1n) is 11.7. The van der Waals surface area contributed by atoms with Gasteiger partial charge in [-0.2, -0.15) is 4.37 Å². The summed E-state index contributed by atoms with van der Waals surface area (Å²) in [5.74, 6) is 0.583. The van der Waals surface area contributed by atoms with E-state index in [0.29, 0.717) is 23.8 Å². The molecule has 7 nitrogen and oxygen atoms in total. The van der Waals surface area contributed by atoms with Gasteiger partial charge in [-0.3, -0.25) is 0 Å². The summed E-state index contributed by atoms with van der Waals surface area (Å²) in [6.07, 6.45) is 2.87. The van der Waals surface area contributed by atoms with Gasteiger partial charge in [0.1, 0.15) is 16.9 Å². The van der Waals surface area contributed by atoms with Crippen LogP contribution in [0.15, 0.2) is 54.7 Å². The molecule has 0 aliphatic carbocycles. The van der Waals surface area contributed by atoms with E-state index in [2.05, 4.69) is 25.0 Å². The first kappa shape index (κ1) is 25.6. The monoisotopic (exact) mass is 521 g/mol. The molecule has 0 saturated heterocycles. The predicted molar refractivity (Wildman–Crippen MR) is 146 cm³/mol. The number of benzene rings is 2. The number of anilines is 2. The maximum absolute atomic E-state index is 12.0.